The zero-order valence-corrected chi connectivity index (χ0v) is 8.19. The van der Waals surface area contributed by atoms with Crippen molar-refractivity contribution in [2.24, 2.45) is 5.14 Å². The number of alkyl halides is 1. The zero-order chi connectivity index (χ0) is 9.35. The van der Waals surface area contributed by atoms with Gasteiger partial charge in [-0.25, -0.2) is 13.6 Å². The van der Waals surface area contributed by atoms with E-state index >= 15 is 0 Å². The maximum atomic E-state index is 10.9. The molecule has 12 heavy (non-hydrogen) atoms. The van der Waals surface area contributed by atoms with Gasteiger partial charge in [-0.1, -0.05) is 11.6 Å². The highest BCUT2D eigenvalue weighted by Gasteiger charge is 2.20. The molecule has 0 fully saturated rings. The third-order valence-corrected chi connectivity index (χ3v) is 3.30. The molecule has 5 heteroatoms. The number of nitrogens with two attached hydrogens (primary N) is 1. The fourth-order valence-corrected chi connectivity index (χ4v) is 1.93. The number of hydrogen-bond donors (Lipinski definition) is 1. The van der Waals surface area contributed by atoms with E-state index in [0.29, 0.717) is 6.42 Å². The van der Waals surface area contributed by atoms with Crippen molar-refractivity contribution in [1.29, 1.82) is 0 Å². The minimum atomic E-state index is -3.55. The first-order valence-corrected chi connectivity index (χ1v) is 5.44. The molecule has 1 unspecified atom stereocenters. The van der Waals surface area contributed by atoms with Crippen LogP contribution in [0.15, 0.2) is 22.6 Å². The predicted molar refractivity (Wildman–Crippen MR) is 49.2 cm³/mol. The van der Waals surface area contributed by atoms with Crippen molar-refractivity contribution in [1.82, 2.24) is 0 Å². The Hall–Kier alpha value is -0.320. The van der Waals surface area contributed by atoms with Crippen LogP contribution in [0.5, 0.6) is 0 Å². The molecule has 2 N–H and O–H groups in total. The van der Waals surface area contributed by atoms with Gasteiger partial charge in [0.05, 0.1) is 10.3 Å². The van der Waals surface area contributed by atoms with Gasteiger partial charge in [0.25, 0.3) is 0 Å². The van der Waals surface area contributed by atoms with Gasteiger partial charge in [0, 0.05) is 6.42 Å². The molecular weight excluding hydrogens is 198 g/mol. The summed E-state index contributed by atoms with van der Waals surface area (Å²) in [5.74, 6) is 0. The maximum absolute atomic E-state index is 10.9. The van der Waals surface area contributed by atoms with Crippen molar-refractivity contribution in [3.8, 4) is 0 Å². The topological polar surface area (TPSA) is 60.2 Å². The Labute approximate surface area is 76.9 Å². The van der Waals surface area contributed by atoms with E-state index in [2.05, 4.69) is 0 Å². The average Bonchev–Trinajstić information content (AvgIpc) is 1.92. The molecule has 0 amide bonds. The SMILES string of the molecule is CC1=CC=C(S(N)(=O)=O)CC1Cl. The monoisotopic (exact) mass is 207 g/mol. The number of rotatable bonds is 1. The molecule has 68 valence electrons. The molecule has 0 saturated heterocycles. The molecule has 1 aliphatic rings. The number of sulfonamides is 1. The Morgan fingerprint density at radius 2 is 2.17 bits per heavy atom. The maximum Gasteiger partial charge on any atom is 0.234 e. The van der Waals surface area contributed by atoms with Crippen LogP contribution in [0, 0.1) is 0 Å². The van der Waals surface area contributed by atoms with E-state index in [0.717, 1.165) is 5.57 Å². The Balaban J connectivity index is 3.00. The van der Waals surface area contributed by atoms with E-state index in [1.165, 1.54) is 6.08 Å². The molecule has 0 saturated carbocycles. The summed E-state index contributed by atoms with van der Waals surface area (Å²) in [5, 5.41) is 4.69. The first kappa shape index (κ1) is 9.77. The zero-order valence-electron chi connectivity index (χ0n) is 6.62. The number of halogens is 1. The van der Waals surface area contributed by atoms with Crippen LogP contribution < -0.4 is 5.14 Å². The van der Waals surface area contributed by atoms with E-state index in [4.69, 9.17) is 16.7 Å². The van der Waals surface area contributed by atoms with E-state index < -0.39 is 10.0 Å². The van der Waals surface area contributed by atoms with Gasteiger partial charge < -0.3 is 0 Å². The molecule has 0 aromatic carbocycles. The summed E-state index contributed by atoms with van der Waals surface area (Å²) in [6, 6.07) is 0. The molecule has 0 bridgehead atoms. The van der Waals surface area contributed by atoms with Crippen molar-refractivity contribution in [3.63, 3.8) is 0 Å². The lowest BCUT2D eigenvalue weighted by Crippen LogP contribution is -2.19. The van der Waals surface area contributed by atoms with Crippen LogP contribution in [0.2, 0.25) is 0 Å². The number of allylic oxidation sites excluding steroid dienone is 4. The van der Waals surface area contributed by atoms with Gasteiger partial charge in [-0.15, -0.1) is 11.6 Å². The standard InChI is InChI=1S/C7H10ClNO2S/c1-5-2-3-6(4-7(5)8)12(9,10)11/h2-3,7H,4H2,1H3,(H2,9,10,11). The molecular formula is C7H10ClNO2S. The van der Waals surface area contributed by atoms with Gasteiger partial charge in [-0.3, -0.25) is 0 Å². The molecule has 0 spiro atoms. The Morgan fingerprint density at radius 3 is 2.58 bits per heavy atom. The minimum Gasteiger partial charge on any atom is -0.225 e. The van der Waals surface area contributed by atoms with Crippen LogP contribution in [-0.2, 0) is 10.0 Å². The van der Waals surface area contributed by atoms with Gasteiger partial charge in [-0.05, 0) is 13.0 Å². The Bertz CT molecular complexity index is 342. The fourth-order valence-electron chi connectivity index (χ4n) is 0.945. The van der Waals surface area contributed by atoms with Crippen LogP contribution in [-0.4, -0.2) is 13.8 Å². The van der Waals surface area contributed by atoms with Gasteiger partial charge in [0.1, 0.15) is 0 Å². The summed E-state index contributed by atoms with van der Waals surface area (Å²) in [6.07, 6.45) is 3.48. The van der Waals surface area contributed by atoms with Gasteiger partial charge in [0.15, 0.2) is 0 Å². The molecule has 3 nitrogen and oxygen atoms in total. The lowest BCUT2D eigenvalue weighted by atomic mass is 10.1. The summed E-state index contributed by atoms with van der Waals surface area (Å²) in [7, 11) is -3.55. The van der Waals surface area contributed by atoms with Crippen molar-refractivity contribution in [2.75, 3.05) is 0 Å². The van der Waals surface area contributed by atoms with Crippen LogP contribution in [0.4, 0.5) is 0 Å². The molecule has 0 aromatic heterocycles. The van der Waals surface area contributed by atoms with Gasteiger partial charge >= 0.3 is 0 Å². The largest absolute Gasteiger partial charge is 0.234 e. The molecule has 0 aliphatic heterocycles. The van der Waals surface area contributed by atoms with E-state index in [-0.39, 0.29) is 10.3 Å². The molecule has 0 aromatic rings. The van der Waals surface area contributed by atoms with Crippen molar-refractivity contribution in [2.45, 2.75) is 18.7 Å². The Kier molecular flexibility index (Phi) is 2.61. The van der Waals surface area contributed by atoms with Gasteiger partial charge in [0.2, 0.25) is 10.0 Å². The third kappa shape index (κ3) is 2.09. The first-order chi connectivity index (χ1) is 5.41. The third-order valence-electron chi connectivity index (χ3n) is 1.77. The predicted octanol–water partition coefficient (Wildman–Crippen LogP) is 1.12. The second-order valence-corrected chi connectivity index (χ2v) is 4.90. The smallest absolute Gasteiger partial charge is 0.225 e. The molecule has 1 aliphatic carbocycles. The lowest BCUT2D eigenvalue weighted by molar-refractivity contribution is 0.601. The first-order valence-electron chi connectivity index (χ1n) is 3.45. The van der Waals surface area contributed by atoms with E-state index in [9.17, 15) is 8.42 Å². The van der Waals surface area contributed by atoms with Crippen molar-refractivity contribution < 1.29 is 8.42 Å². The molecule has 1 rings (SSSR count). The summed E-state index contributed by atoms with van der Waals surface area (Å²) in [5.41, 5.74) is 0.962. The highest BCUT2D eigenvalue weighted by Crippen LogP contribution is 2.25. The van der Waals surface area contributed by atoms with Crippen LogP contribution >= 0.6 is 11.6 Å². The Morgan fingerprint density at radius 1 is 1.58 bits per heavy atom. The van der Waals surface area contributed by atoms with Crippen molar-refractivity contribution in [3.05, 3.63) is 22.6 Å². The summed E-state index contributed by atoms with van der Waals surface area (Å²) in [6.45, 7) is 1.86. The van der Waals surface area contributed by atoms with Crippen LogP contribution in [0.25, 0.3) is 0 Å². The second kappa shape index (κ2) is 3.20. The molecule has 0 heterocycles. The fraction of sp³-hybridized carbons (Fsp3) is 0.429. The summed E-state index contributed by atoms with van der Waals surface area (Å²) >= 11 is 5.84. The lowest BCUT2D eigenvalue weighted by Gasteiger charge is -2.15. The average molecular weight is 208 g/mol. The minimum absolute atomic E-state index is 0.202. The number of primary sulfonamides is 1. The van der Waals surface area contributed by atoms with Gasteiger partial charge in [-0.2, -0.15) is 0 Å². The molecule has 1 atom stereocenters. The second-order valence-electron chi connectivity index (χ2n) is 2.76. The summed E-state index contributed by atoms with van der Waals surface area (Å²) in [4.78, 5) is 0.202. The highest BCUT2D eigenvalue weighted by atomic mass is 35.5. The van der Waals surface area contributed by atoms with E-state index in [1.54, 1.807) is 6.08 Å². The van der Waals surface area contributed by atoms with Crippen molar-refractivity contribution >= 4 is 21.6 Å². The quantitative estimate of drug-likeness (QED) is 0.655. The normalized spacial score (nSPS) is 24.8. The number of hydrogen-bond acceptors (Lipinski definition) is 2. The summed E-state index contributed by atoms with van der Waals surface area (Å²) < 4.78 is 21.7. The van der Waals surface area contributed by atoms with Crippen LogP contribution in [0.1, 0.15) is 13.3 Å². The van der Waals surface area contributed by atoms with Crippen LogP contribution in [0.3, 0.4) is 0 Å². The van der Waals surface area contributed by atoms with E-state index in [1.807, 2.05) is 6.92 Å². The molecule has 0 radical (unpaired) electrons. The highest BCUT2D eigenvalue weighted by molar-refractivity contribution is 7.93.